The second-order valence-electron chi connectivity index (χ2n) is 4.02. The second-order valence-corrected chi connectivity index (χ2v) is 6.14. The van der Waals surface area contributed by atoms with E-state index in [1.165, 1.54) is 18.3 Å². The Balaban J connectivity index is 2.25. The van der Waals surface area contributed by atoms with Gasteiger partial charge < -0.3 is 5.32 Å². The van der Waals surface area contributed by atoms with Crippen LogP contribution in [0.2, 0.25) is 5.02 Å². The summed E-state index contributed by atoms with van der Waals surface area (Å²) in [5.74, 6) is 0.520. The highest BCUT2D eigenvalue weighted by Gasteiger charge is 2.14. The lowest BCUT2D eigenvalue weighted by molar-refractivity contribution is 0.601. The van der Waals surface area contributed by atoms with Crippen LogP contribution in [0.3, 0.4) is 0 Å². The fourth-order valence-corrected chi connectivity index (χ4v) is 2.79. The molecule has 0 bridgehead atoms. The van der Waals surface area contributed by atoms with Crippen molar-refractivity contribution in [2.75, 3.05) is 16.6 Å². The van der Waals surface area contributed by atoms with Crippen molar-refractivity contribution in [3.05, 3.63) is 47.6 Å². The molecule has 0 radical (unpaired) electrons. The highest BCUT2D eigenvalue weighted by molar-refractivity contribution is 7.92. The Kier molecular flexibility index (Phi) is 4.46. The van der Waals surface area contributed by atoms with E-state index < -0.39 is 10.0 Å². The Morgan fingerprint density at radius 1 is 1.20 bits per heavy atom. The van der Waals surface area contributed by atoms with Crippen molar-refractivity contribution in [1.82, 2.24) is 4.98 Å². The summed E-state index contributed by atoms with van der Waals surface area (Å²) in [6.45, 7) is 2.58. The van der Waals surface area contributed by atoms with E-state index in [9.17, 15) is 8.42 Å². The SMILES string of the molecule is CCNc1cc(S(=O)(=O)Nc2ccc(Cl)cc2)ccn1. The summed E-state index contributed by atoms with van der Waals surface area (Å²) in [7, 11) is -3.64. The number of hydrogen-bond acceptors (Lipinski definition) is 4. The molecule has 1 aromatic heterocycles. The number of nitrogens with zero attached hydrogens (tertiary/aromatic N) is 1. The van der Waals surface area contributed by atoms with Gasteiger partial charge in [0.1, 0.15) is 5.82 Å². The fraction of sp³-hybridized carbons (Fsp3) is 0.154. The Labute approximate surface area is 123 Å². The Morgan fingerprint density at radius 2 is 1.90 bits per heavy atom. The normalized spacial score (nSPS) is 11.1. The van der Waals surface area contributed by atoms with Crippen molar-refractivity contribution in [2.24, 2.45) is 0 Å². The van der Waals surface area contributed by atoms with Gasteiger partial charge in [-0.25, -0.2) is 13.4 Å². The molecule has 2 aromatic rings. The van der Waals surface area contributed by atoms with Crippen molar-refractivity contribution in [3.8, 4) is 0 Å². The molecule has 7 heteroatoms. The van der Waals surface area contributed by atoms with Gasteiger partial charge in [-0.05, 0) is 37.3 Å². The predicted molar refractivity (Wildman–Crippen MR) is 80.7 cm³/mol. The van der Waals surface area contributed by atoms with E-state index in [1.807, 2.05) is 6.92 Å². The summed E-state index contributed by atoms with van der Waals surface area (Å²) < 4.78 is 27.0. The number of benzene rings is 1. The molecular weight excluding hydrogens is 298 g/mol. The summed E-state index contributed by atoms with van der Waals surface area (Å²) in [4.78, 5) is 4.19. The van der Waals surface area contributed by atoms with E-state index in [2.05, 4.69) is 15.0 Å². The van der Waals surface area contributed by atoms with E-state index in [-0.39, 0.29) is 4.90 Å². The Hall–Kier alpha value is -1.79. The molecule has 0 saturated carbocycles. The maximum absolute atomic E-state index is 12.2. The number of aromatic nitrogens is 1. The molecule has 1 heterocycles. The summed E-state index contributed by atoms with van der Waals surface area (Å²) in [5.41, 5.74) is 0.455. The average Bonchev–Trinajstić information content (AvgIpc) is 2.42. The maximum atomic E-state index is 12.2. The molecule has 20 heavy (non-hydrogen) atoms. The average molecular weight is 312 g/mol. The quantitative estimate of drug-likeness (QED) is 0.890. The number of sulfonamides is 1. The van der Waals surface area contributed by atoms with Crippen LogP contribution in [0.4, 0.5) is 11.5 Å². The zero-order valence-corrected chi connectivity index (χ0v) is 12.4. The lowest BCUT2D eigenvalue weighted by Crippen LogP contribution is -2.13. The van der Waals surface area contributed by atoms with Crippen LogP contribution in [-0.4, -0.2) is 19.9 Å². The molecule has 0 saturated heterocycles. The first-order valence-electron chi connectivity index (χ1n) is 5.99. The first-order chi connectivity index (χ1) is 9.51. The molecule has 0 fully saturated rings. The van der Waals surface area contributed by atoms with Crippen LogP contribution in [0.25, 0.3) is 0 Å². The monoisotopic (exact) mass is 311 g/mol. The smallest absolute Gasteiger partial charge is 0.262 e. The van der Waals surface area contributed by atoms with Crippen LogP contribution in [0, 0.1) is 0 Å². The number of rotatable bonds is 5. The van der Waals surface area contributed by atoms with Crippen LogP contribution in [-0.2, 0) is 10.0 Å². The van der Waals surface area contributed by atoms with Crippen LogP contribution in [0.5, 0.6) is 0 Å². The molecule has 1 aromatic carbocycles. The highest BCUT2D eigenvalue weighted by atomic mass is 35.5. The van der Waals surface area contributed by atoms with Gasteiger partial charge >= 0.3 is 0 Å². The third-order valence-corrected chi connectivity index (χ3v) is 4.13. The molecule has 0 unspecified atom stereocenters. The third kappa shape index (κ3) is 3.61. The first-order valence-corrected chi connectivity index (χ1v) is 7.85. The minimum atomic E-state index is -3.64. The van der Waals surface area contributed by atoms with Crippen molar-refractivity contribution in [3.63, 3.8) is 0 Å². The Morgan fingerprint density at radius 3 is 2.55 bits per heavy atom. The minimum Gasteiger partial charge on any atom is -0.370 e. The van der Waals surface area contributed by atoms with Gasteiger partial charge in [-0.3, -0.25) is 4.72 Å². The third-order valence-electron chi connectivity index (χ3n) is 2.50. The predicted octanol–water partition coefficient (Wildman–Crippen LogP) is 2.97. The number of halogens is 1. The maximum Gasteiger partial charge on any atom is 0.262 e. The number of pyridine rings is 1. The molecule has 0 atom stereocenters. The molecule has 2 rings (SSSR count). The summed E-state index contributed by atoms with van der Waals surface area (Å²) >= 11 is 5.76. The van der Waals surface area contributed by atoms with E-state index in [0.29, 0.717) is 23.1 Å². The van der Waals surface area contributed by atoms with Crippen LogP contribution in [0.15, 0.2) is 47.5 Å². The van der Waals surface area contributed by atoms with Gasteiger partial charge in [0, 0.05) is 29.5 Å². The van der Waals surface area contributed by atoms with E-state index in [0.717, 1.165) is 0 Å². The number of anilines is 2. The van der Waals surface area contributed by atoms with Crippen molar-refractivity contribution in [1.29, 1.82) is 0 Å². The topological polar surface area (TPSA) is 71.1 Å². The van der Waals surface area contributed by atoms with E-state index in [1.54, 1.807) is 24.3 Å². The van der Waals surface area contributed by atoms with Gasteiger partial charge in [0.25, 0.3) is 10.0 Å². The zero-order chi connectivity index (χ0) is 14.6. The molecule has 5 nitrogen and oxygen atoms in total. The zero-order valence-electron chi connectivity index (χ0n) is 10.8. The largest absolute Gasteiger partial charge is 0.370 e. The lowest BCUT2D eigenvalue weighted by Gasteiger charge is -2.09. The van der Waals surface area contributed by atoms with Gasteiger partial charge in [0.2, 0.25) is 0 Å². The molecule has 2 N–H and O–H groups in total. The van der Waals surface area contributed by atoms with Crippen LogP contribution >= 0.6 is 11.6 Å². The number of hydrogen-bond donors (Lipinski definition) is 2. The summed E-state index contributed by atoms with van der Waals surface area (Å²) in [5, 5.41) is 3.52. The number of nitrogens with one attached hydrogen (secondary N) is 2. The molecule has 0 aliphatic rings. The Bertz CT molecular complexity index is 687. The minimum absolute atomic E-state index is 0.151. The van der Waals surface area contributed by atoms with Gasteiger partial charge in [0.15, 0.2) is 0 Å². The lowest BCUT2D eigenvalue weighted by atomic mass is 10.3. The van der Waals surface area contributed by atoms with Crippen LogP contribution < -0.4 is 10.0 Å². The molecule has 0 aliphatic heterocycles. The van der Waals surface area contributed by atoms with Crippen LogP contribution in [0.1, 0.15) is 6.92 Å². The van der Waals surface area contributed by atoms with Gasteiger partial charge in [0.05, 0.1) is 4.90 Å². The van der Waals surface area contributed by atoms with E-state index in [4.69, 9.17) is 11.6 Å². The first kappa shape index (κ1) is 14.6. The van der Waals surface area contributed by atoms with E-state index >= 15 is 0 Å². The van der Waals surface area contributed by atoms with Gasteiger partial charge in [-0.15, -0.1) is 0 Å². The van der Waals surface area contributed by atoms with Gasteiger partial charge in [-0.2, -0.15) is 0 Å². The van der Waals surface area contributed by atoms with Crippen molar-refractivity contribution in [2.45, 2.75) is 11.8 Å². The second kappa shape index (κ2) is 6.11. The van der Waals surface area contributed by atoms with Gasteiger partial charge in [-0.1, -0.05) is 11.6 Å². The van der Waals surface area contributed by atoms with Crippen molar-refractivity contribution >= 4 is 33.1 Å². The fourth-order valence-electron chi connectivity index (χ4n) is 1.59. The molecule has 0 aliphatic carbocycles. The summed E-state index contributed by atoms with van der Waals surface area (Å²) in [6.07, 6.45) is 1.45. The summed E-state index contributed by atoms with van der Waals surface area (Å²) in [6, 6.07) is 9.38. The molecule has 0 spiro atoms. The van der Waals surface area contributed by atoms with Crippen molar-refractivity contribution < 1.29 is 8.42 Å². The standard InChI is InChI=1S/C13H14ClN3O2S/c1-2-15-13-9-12(7-8-16-13)20(18,19)17-11-5-3-10(14)4-6-11/h3-9,17H,2H2,1H3,(H,15,16). The molecule has 106 valence electrons. The molecule has 0 amide bonds. The molecular formula is C13H14ClN3O2S. The highest BCUT2D eigenvalue weighted by Crippen LogP contribution is 2.19.